The summed E-state index contributed by atoms with van der Waals surface area (Å²) < 4.78 is 5.70. The molecule has 232 valence electrons. The van der Waals surface area contributed by atoms with E-state index in [-0.39, 0.29) is 41.5 Å². The van der Waals surface area contributed by atoms with Crippen molar-refractivity contribution in [3.05, 3.63) is 108 Å². The van der Waals surface area contributed by atoms with Gasteiger partial charge in [-0.2, -0.15) is 0 Å². The summed E-state index contributed by atoms with van der Waals surface area (Å²) in [6.07, 6.45) is 6.02. The van der Waals surface area contributed by atoms with Gasteiger partial charge in [-0.3, -0.25) is 29.0 Å². The van der Waals surface area contributed by atoms with E-state index in [1.165, 1.54) is 15.9 Å². The minimum atomic E-state index is -0.723. The predicted molar refractivity (Wildman–Crippen MR) is 175 cm³/mol. The van der Waals surface area contributed by atoms with Gasteiger partial charge in [-0.1, -0.05) is 67.3 Å². The van der Waals surface area contributed by atoms with Crippen molar-refractivity contribution in [2.45, 2.75) is 25.7 Å². The third-order valence-corrected chi connectivity index (χ3v) is 10.1. The molecule has 3 aromatic carbocycles. The summed E-state index contributed by atoms with van der Waals surface area (Å²) in [5.74, 6) is -4.55. The van der Waals surface area contributed by atoms with Crippen LogP contribution in [0.4, 0.5) is 11.4 Å². The van der Waals surface area contributed by atoms with Crippen molar-refractivity contribution in [3.8, 4) is 11.5 Å². The lowest BCUT2D eigenvalue weighted by atomic mass is 9.57. The normalized spacial score (nSPS) is 26.8. The summed E-state index contributed by atoms with van der Waals surface area (Å²) >= 11 is 0. The van der Waals surface area contributed by atoms with E-state index in [0.717, 1.165) is 16.7 Å². The van der Waals surface area contributed by atoms with E-state index in [1.54, 1.807) is 48.6 Å². The summed E-state index contributed by atoms with van der Waals surface area (Å²) in [4.78, 5) is 59.1. The van der Waals surface area contributed by atoms with Crippen LogP contribution in [0.2, 0.25) is 0 Å². The van der Waals surface area contributed by atoms with Crippen LogP contribution in [0.5, 0.6) is 11.5 Å². The van der Waals surface area contributed by atoms with E-state index in [1.807, 2.05) is 37.3 Å². The molecule has 4 amide bonds. The van der Waals surface area contributed by atoms with Gasteiger partial charge in [-0.25, -0.2) is 0 Å². The van der Waals surface area contributed by atoms with E-state index in [4.69, 9.17) is 4.74 Å². The number of carbonyl (C=O) groups excluding carboxylic acids is 4. The predicted octanol–water partition coefficient (Wildman–Crippen LogP) is 6.12. The van der Waals surface area contributed by atoms with Gasteiger partial charge in [0.25, 0.3) is 0 Å². The maximum Gasteiger partial charge on any atom is 0.238 e. The van der Waals surface area contributed by atoms with Gasteiger partial charge in [0.05, 0.1) is 41.7 Å². The number of hydrogen-bond acceptors (Lipinski definition) is 6. The fraction of sp³-hybridized carbons (Fsp3) is 0.263. The minimum Gasteiger partial charge on any atom is -0.504 e. The molecule has 0 bridgehead atoms. The number of aromatic hydroxyl groups is 1. The Morgan fingerprint density at radius 2 is 1.33 bits per heavy atom. The molecule has 0 aromatic heterocycles. The van der Waals surface area contributed by atoms with Gasteiger partial charge < -0.3 is 9.84 Å². The molecule has 2 heterocycles. The fourth-order valence-corrected chi connectivity index (χ4v) is 7.99. The van der Waals surface area contributed by atoms with Gasteiger partial charge >= 0.3 is 0 Å². The summed E-state index contributed by atoms with van der Waals surface area (Å²) in [5, 5.41) is 10.5. The van der Waals surface area contributed by atoms with Gasteiger partial charge in [0, 0.05) is 5.92 Å². The van der Waals surface area contributed by atoms with Crippen molar-refractivity contribution in [3.63, 3.8) is 0 Å². The second-order valence-electron chi connectivity index (χ2n) is 12.3. The molecule has 0 spiro atoms. The monoisotopic (exact) mass is 614 g/mol. The molecular formula is C38H34N2O6. The Bertz CT molecular complexity index is 1820. The van der Waals surface area contributed by atoms with Crippen molar-refractivity contribution in [2.24, 2.45) is 29.6 Å². The van der Waals surface area contributed by atoms with Crippen LogP contribution in [0, 0.1) is 29.6 Å². The average molecular weight is 615 g/mol. The smallest absolute Gasteiger partial charge is 0.238 e. The number of fused-ring (bicyclic) bond motifs is 4. The Hall–Kier alpha value is -5.24. The highest BCUT2D eigenvalue weighted by Crippen LogP contribution is 2.58. The molecule has 7 rings (SSSR count). The molecule has 8 heteroatoms. The molecule has 46 heavy (non-hydrogen) atoms. The number of carbonyl (C=O) groups is 4. The van der Waals surface area contributed by atoms with Crippen LogP contribution >= 0.6 is 0 Å². The number of hydrogen-bond donors (Lipinski definition) is 1. The second kappa shape index (κ2) is 11.3. The number of phenolic OH excluding ortho intramolecular Hbond substituents is 1. The van der Waals surface area contributed by atoms with Gasteiger partial charge in [0.1, 0.15) is 0 Å². The summed E-state index contributed by atoms with van der Waals surface area (Å²) in [7, 11) is 0. The number of imide groups is 2. The Balaban J connectivity index is 1.32. The molecule has 1 saturated carbocycles. The van der Waals surface area contributed by atoms with Crippen LogP contribution in [0.3, 0.4) is 0 Å². The molecule has 3 aromatic rings. The van der Waals surface area contributed by atoms with Gasteiger partial charge in [0.15, 0.2) is 11.5 Å². The Morgan fingerprint density at radius 3 is 1.89 bits per heavy atom. The lowest BCUT2D eigenvalue weighted by Crippen LogP contribution is -2.43. The first-order valence-electron chi connectivity index (χ1n) is 15.6. The van der Waals surface area contributed by atoms with Crippen molar-refractivity contribution in [1.29, 1.82) is 0 Å². The van der Waals surface area contributed by atoms with Crippen LogP contribution in [0.1, 0.15) is 42.4 Å². The fourth-order valence-electron chi connectivity index (χ4n) is 7.99. The second-order valence-corrected chi connectivity index (χ2v) is 12.3. The summed E-state index contributed by atoms with van der Waals surface area (Å²) in [6.45, 7) is 9.71. The van der Waals surface area contributed by atoms with E-state index in [2.05, 4.69) is 13.2 Å². The van der Waals surface area contributed by atoms with Gasteiger partial charge in [-0.05, 0) is 78.8 Å². The summed E-state index contributed by atoms with van der Waals surface area (Å²) in [5.41, 5.74) is 4.31. The number of ether oxygens (including phenoxy) is 1. The van der Waals surface area contributed by atoms with Crippen LogP contribution < -0.4 is 14.5 Å². The third kappa shape index (κ3) is 4.42. The van der Waals surface area contributed by atoms with Crippen molar-refractivity contribution < 1.29 is 29.0 Å². The highest BCUT2D eigenvalue weighted by atomic mass is 16.5. The molecule has 1 N–H and O–H groups in total. The number of rotatable bonds is 7. The van der Waals surface area contributed by atoms with Gasteiger partial charge in [0.2, 0.25) is 23.6 Å². The zero-order chi connectivity index (χ0) is 32.3. The topological polar surface area (TPSA) is 104 Å². The maximum absolute atomic E-state index is 14.3. The Morgan fingerprint density at radius 1 is 0.761 bits per heavy atom. The quantitative estimate of drug-likeness (QED) is 0.254. The third-order valence-electron chi connectivity index (χ3n) is 10.1. The standard InChI is InChI=1S/C38H34N2O6/c1-4-21-7-12-24(13-8-21)39-35(42)27-17-16-26-28(33(27)37(39)44)20-29-34(32(26)23-11-18-30(41)31(19-23)46-6-3)38(45)40(36(29)43)25-14-9-22(5-2)10-15-25/h4-5,7-16,18-19,27-29,32-34,41H,1-2,6,17,20H2,3H3/t27-,28+,29+,32-,33-,34+/m0/s1. The summed E-state index contributed by atoms with van der Waals surface area (Å²) in [6, 6.07) is 19.2. The maximum atomic E-state index is 14.3. The van der Waals surface area contributed by atoms with Crippen LogP contribution in [-0.4, -0.2) is 35.3 Å². The van der Waals surface area contributed by atoms with Gasteiger partial charge in [-0.15, -0.1) is 0 Å². The first-order valence-corrected chi connectivity index (χ1v) is 15.6. The number of amides is 4. The lowest BCUT2D eigenvalue weighted by molar-refractivity contribution is -0.126. The molecule has 2 aliphatic carbocycles. The SMILES string of the molecule is C=Cc1ccc(N2C(=O)[C@H]3[C@H](CC=C4[C@H]3C[C@H]3C(=O)N(c5ccc(C=C)cc5)C(=O)[C@H]3[C@H]4c3ccc(O)c(OCC)c3)C2=O)cc1. The molecule has 3 fully saturated rings. The molecule has 4 aliphatic rings. The largest absolute Gasteiger partial charge is 0.504 e. The first-order chi connectivity index (χ1) is 22.3. The number of anilines is 2. The van der Waals surface area contributed by atoms with Crippen LogP contribution in [0.15, 0.2) is 91.5 Å². The molecule has 8 nitrogen and oxygen atoms in total. The molecule has 2 saturated heterocycles. The van der Waals surface area contributed by atoms with E-state index in [0.29, 0.717) is 30.0 Å². The highest BCUT2D eigenvalue weighted by Gasteiger charge is 2.62. The van der Waals surface area contributed by atoms with E-state index < -0.39 is 35.5 Å². The Kier molecular flexibility index (Phi) is 7.23. The van der Waals surface area contributed by atoms with E-state index in [9.17, 15) is 24.3 Å². The van der Waals surface area contributed by atoms with Crippen LogP contribution in [0.25, 0.3) is 12.2 Å². The number of nitrogens with zero attached hydrogens (tertiary/aromatic N) is 2. The number of allylic oxidation sites excluding steroid dienone is 2. The van der Waals surface area contributed by atoms with Crippen LogP contribution in [-0.2, 0) is 19.2 Å². The van der Waals surface area contributed by atoms with Crippen molar-refractivity contribution >= 4 is 47.2 Å². The molecular weight excluding hydrogens is 580 g/mol. The zero-order valence-electron chi connectivity index (χ0n) is 25.5. The zero-order valence-corrected chi connectivity index (χ0v) is 25.5. The number of phenols is 1. The molecule has 6 atom stereocenters. The molecule has 2 aliphatic heterocycles. The van der Waals surface area contributed by atoms with Crippen molar-refractivity contribution in [1.82, 2.24) is 0 Å². The Labute approximate surface area is 267 Å². The minimum absolute atomic E-state index is 0.0281. The number of benzene rings is 3. The highest BCUT2D eigenvalue weighted by molar-refractivity contribution is 6.24. The van der Waals surface area contributed by atoms with E-state index >= 15 is 0 Å². The molecule has 0 unspecified atom stereocenters. The lowest BCUT2D eigenvalue weighted by Gasteiger charge is -2.44. The average Bonchev–Trinajstić information content (AvgIpc) is 3.48. The first kappa shape index (κ1) is 29.5. The van der Waals surface area contributed by atoms with Crippen molar-refractivity contribution in [2.75, 3.05) is 16.4 Å². The molecule has 0 radical (unpaired) electrons.